The highest BCUT2D eigenvalue weighted by atomic mass is 16.4. The number of hydrogen-bond acceptors (Lipinski definition) is 2. The zero-order valence-electron chi connectivity index (χ0n) is 12.0. The van der Waals surface area contributed by atoms with Gasteiger partial charge in [0, 0.05) is 13.1 Å². The van der Waals surface area contributed by atoms with Crippen molar-refractivity contribution in [3.63, 3.8) is 0 Å². The van der Waals surface area contributed by atoms with Crippen LogP contribution in [0.1, 0.15) is 30.0 Å². The molecule has 0 aromatic heterocycles. The standard InChI is InChI=1S/C16H23NO2/c1-11-5-4-6-14(13(11)3)10-17-8-7-15(16(18)19)12(2)9-17/h4-6,12,15H,7-10H2,1-3H3,(H,18,19). The summed E-state index contributed by atoms with van der Waals surface area (Å²) < 4.78 is 0. The van der Waals surface area contributed by atoms with Crippen molar-refractivity contribution >= 4 is 5.97 Å². The molecule has 0 aliphatic carbocycles. The van der Waals surface area contributed by atoms with E-state index in [1.54, 1.807) is 0 Å². The van der Waals surface area contributed by atoms with E-state index >= 15 is 0 Å². The average Bonchev–Trinajstić information content (AvgIpc) is 2.34. The van der Waals surface area contributed by atoms with Gasteiger partial charge in [0.1, 0.15) is 0 Å². The van der Waals surface area contributed by atoms with Gasteiger partial charge in [0.15, 0.2) is 0 Å². The minimum absolute atomic E-state index is 0.171. The number of carboxylic acids is 1. The van der Waals surface area contributed by atoms with Gasteiger partial charge in [-0.3, -0.25) is 9.69 Å². The van der Waals surface area contributed by atoms with E-state index in [9.17, 15) is 4.79 Å². The number of rotatable bonds is 3. The number of aliphatic carboxylic acids is 1. The highest BCUT2D eigenvalue weighted by molar-refractivity contribution is 5.70. The Morgan fingerprint density at radius 3 is 2.79 bits per heavy atom. The predicted octanol–water partition coefficient (Wildman–Crippen LogP) is 2.85. The molecule has 0 saturated carbocycles. The summed E-state index contributed by atoms with van der Waals surface area (Å²) in [4.78, 5) is 13.5. The van der Waals surface area contributed by atoms with Crippen molar-refractivity contribution in [2.24, 2.45) is 11.8 Å². The number of nitrogens with zero attached hydrogens (tertiary/aromatic N) is 1. The van der Waals surface area contributed by atoms with Crippen molar-refractivity contribution in [1.82, 2.24) is 4.90 Å². The molecule has 0 amide bonds. The SMILES string of the molecule is Cc1cccc(CN2CCC(C(=O)O)C(C)C2)c1C. The second-order valence-electron chi connectivity index (χ2n) is 5.80. The summed E-state index contributed by atoms with van der Waals surface area (Å²) in [6.07, 6.45) is 0.765. The van der Waals surface area contributed by atoms with Crippen LogP contribution in [0.3, 0.4) is 0 Å². The minimum Gasteiger partial charge on any atom is -0.481 e. The Bertz CT molecular complexity index is 470. The van der Waals surface area contributed by atoms with Crippen LogP contribution in [0, 0.1) is 25.7 Å². The highest BCUT2D eigenvalue weighted by Gasteiger charge is 2.31. The number of aryl methyl sites for hydroxylation is 1. The summed E-state index contributed by atoms with van der Waals surface area (Å²) in [5, 5.41) is 9.15. The fourth-order valence-corrected chi connectivity index (χ4v) is 2.97. The molecule has 1 aliphatic heterocycles. The van der Waals surface area contributed by atoms with E-state index in [2.05, 4.69) is 36.9 Å². The lowest BCUT2D eigenvalue weighted by molar-refractivity contribution is -0.145. The van der Waals surface area contributed by atoms with Gasteiger partial charge in [-0.05, 0) is 49.4 Å². The van der Waals surface area contributed by atoms with Crippen LogP contribution in [0.5, 0.6) is 0 Å². The van der Waals surface area contributed by atoms with Crippen molar-refractivity contribution in [3.8, 4) is 0 Å². The summed E-state index contributed by atoms with van der Waals surface area (Å²) in [5.74, 6) is -0.579. The Morgan fingerprint density at radius 1 is 1.42 bits per heavy atom. The van der Waals surface area contributed by atoms with Gasteiger partial charge in [0.2, 0.25) is 0 Å². The average molecular weight is 261 g/mol. The summed E-state index contributed by atoms with van der Waals surface area (Å²) in [7, 11) is 0. The molecule has 0 bridgehead atoms. The van der Waals surface area contributed by atoms with Crippen LogP contribution >= 0.6 is 0 Å². The molecule has 1 fully saturated rings. The Kier molecular flexibility index (Phi) is 4.25. The monoisotopic (exact) mass is 261 g/mol. The van der Waals surface area contributed by atoms with Crippen LogP contribution in [0.4, 0.5) is 0 Å². The first kappa shape index (κ1) is 14.1. The lowest BCUT2D eigenvalue weighted by atomic mass is 9.86. The van der Waals surface area contributed by atoms with E-state index in [1.807, 2.05) is 6.92 Å². The largest absolute Gasteiger partial charge is 0.481 e. The summed E-state index contributed by atoms with van der Waals surface area (Å²) in [6.45, 7) is 9.05. The van der Waals surface area contributed by atoms with Crippen LogP contribution in [0.25, 0.3) is 0 Å². The predicted molar refractivity (Wildman–Crippen MR) is 76.1 cm³/mol. The van der Waals surface area contributed by atoms with E-state index in [1.165, 1.54) is 16.7 Å². The lowest BCUT2D eigenvalue weighted by Gasteiger charge is -2.35. The molecular weight excluding hydrogens is 238 g/mol. The van der Waals surface area contributed by atoms with Gasteiger partial charge in [0.05, 0.1) is 5.92 Å². The lowest BCUT2D eigenvalue weighted by Crippen LogP contribution is -2.41. The number of benzene rings is 1. The van der Waals surface area contributed by atoms with Crippen LogP contribution in [-0.4, -0.2) is 29.1 Å². The molecule has 1 aromatic carbocycles. The third-order valence-corrected chi connectivity index (χ3v) is 4.42. The Balaban J connectivity index is 2.02. The fourth-order valence-electron chi connectivity index (χ4n) is 2.97. The molecule has 2 rings (SSSR count). The van der Waals surface area contributed by atoms with E-state index in [-0.39, 0.29) is 11.8 Å². The highest BCUT2D eigenvalue weighted by Crippen LogP contribution is 2.25. The van der Waals surface area contributed by atoms with E-state index in [0.29, 0.717) is 0 Å². The molecular formula is C16H23NO2. The van der Waals surface area contributed by atoms with Gasteiger partial charge in [0.25, 0.3) is 0 Å². The van der Waals surface area contributed by atoms with Crippen LogP contribution < -0.4 is 0 Å². The van der Waals surface area contributed by atoms with Crippen molar-refractivity contribution in [2.45, 2.75) is 33.7 Å². The molecule has 1 N–H and O–H groups in total. The molecule has 1 aliphatic rings. The summed E-state index contributed by atoms with van der Waals surface area (Å²) >= 11 is 0. The Labute approximate surface area is 115 Å². The van der Waals surface area contributed by atoms with E-state index < -0.39 is 5.97 Å². The van der Waals surface area contributed by atoms with Gasteiger partial charge in [-0.15, -0.1) is 0 Å². The van der Waals surface area contributed by atoms with Gasteiger partial charge < -0.3 is 5.11 Å². The van der Waals surface area contributed by atoms with E-state index in [0.717, 1.165) is 26.1 Å². The maximum Gasteiger partial charge on any atom is 0.306 e. The van der Waals surface area contributed by atoms with Gasteiger partial charge in [-0.2, -0.15) is 0 Å². The van der Waals surface area contributed by atoms with Crippen molar-refractivity contribution in [3.05, 3.63) is 34.9 Å². The first-order valence-electron chi connectivity index (χ1n) is 6.99. The second-order valence-corrected chi connectivity index (χ2v) is 5.80. The van der Waals surface area contributed by atoms with Crippen molar-refractivity contribution in [1.29, 1.82) is 0 Å². The molecule has 2 unspecified atom stereocenters. The number of likely N-dealkylation sites (tertiary alicyclic amines) is 1. The van der Waals surface area contributed by atoms with Crippen molar-refractivity contribution < 1.29 is 9.90 Å². The fraction of sp³-hybridized carbons (Fsp3) is 0.562. The Hall–Kier alpha value is -1.35. The Morgan fingerprint density at radius 2 is 2.16 bits per heavy atom. The molecule has 104 valence electrons. The number of carbonyl (C=O) groups is 1. The minimum atomic E-state index is -0.640. The molecule has 2 atom stereocenters. The maximum absolute atomic E-state index is 11.1. The molecule has 3 nitrogen and oxygen atoms in total. The topological polar surface area (TPSA) is 40.5 Å². The zero-order chi connectivity index (χ0) is 14.0. The third-order valence-electron chi connectivity index (χ3n) is 4.42. The first-order chi connectivity index (χ1) is 8.99. The molecule has 0 spiro atoms. The van der Waals surface area contributed by atoms with Gasteiger partial charge in [-0.25, -0.2) is 0 Å². The molecule has 3 heteroatoms. The van der Waals surface area contributed by atoms with Gasteiger partial charge in [-0.1, -0.05) is 25.1 Å². The number of piperidine rings is 1. The van der Waals surface area contributed by atoms with Crippen molar-refractivity contribution in [2.75, 3.05) is 13.1 Å². The summed E-state index contributed by atoms with van der Waals surface area (Å²) in [5.41, 5.74) is 4.04. The van der Waals surface area contributed by atoms with Crippen LogP contribution in [0.2, 0.25) is 0 Å². The number of hydrogen-bond donors (Lipinski definition) is 1. The van der Waals surface area contributed by atoms with E-state index in [4.69, 9.17) is 5.11 Å². The quantitative estimate of drug-likeness (QED) is 0.909. The smallest absolute Gasteiger partial charge is 0.306 e. The normalized spacial score (nSPS) is 24.4. The molecule has 19 heavy (non-hydrogen) atoms. The zero-order valence-corrected chi connectivity index (χ0v) is 12.0. The first-order valence-corrected chi connectivity index (χ1v) is 6.99. The maximum atomic E-state index is 11.1. The van der Waals surface area contributed by atoms with Gasteiger partial charge >= 0.3 is 5.97 Å². The van der Waals surface area contributed by atoms with Crippen LogP contribution in [0.15, 0.2) is 18.2 Å². The number of carboxylic acid groups (broad SMARTS) is 1. The molecule has 1 heterocycles. The second kappa shape index (κ2) is 5.74. The molecule has 1 aromatic rings. The third kappa shape index (κ3) is 3.16. The molecule has 1 saturated heterocycles. The summed E-state index contributed by atoms with van der Waals surface area (Å²) in [6, 6.07) is 6.42. The molecule has 0 radical (unpaired) electrons. The van der Waals surface area contributed by atoms with Crippen LogP contribution in [-0.2, 0) is 11.3 Å².